The van der Waals surface area contributed by atoms with Crippen LogP contribution in [0.1, 0.15) is 49.8 Å². The van der Waals surface area contributed by atoms with Crippen LogP contribution >= 0.6 is 12.4 Å². The van der Waals surface area contributed by atoms with Crippen molar-refractivity contribution < 1.29 is 4.39 Å². The monoisotopic (exact) mass is 245 g/mol. The Balaban J connectivity index is 0.00000225. The van der Waals surface area contributed by atoms with E-state index in [0.29, 0.717) is 0 Å². The summed E-state index contributed by atoms with van der Waals surface area (Å²) in [5.41, 5.74) is 8.07. The fraction of sp³-hybridized carbons (Fsp3) is 0.538. The first-order valence-electron chi connectivity index (χ1n) is 5.66. The molecule has 0 aliphatic rings. The zero-order chi connectivity index (χ0) is 11.3. The minimum Gasteiger partial charge on any atom is -0.324 e. The zero-order valence-corrected chi connectivity index (χ0v) is 10.8. The van der Waals surface area contributed by atoms with Crippen molar-refractivity contribution in [1.82, 2.24) is 0 Å². The van der Waals surface area contributed by atoms with E-state index in [2.05, 4.69) is 6.92 Å². The van der Waals surface area contributed by atoms with Crippen LogP contribution in [0.25, 0.3) is 0 Å². The van der Waals surface area contributed by atoms with Crippen LogP contribution in [0.5, 0.6) is 0 Å². The molecule has 0 amide bonds. The van der Waals surface area contributed by atoms with E-state index in [-0.39, 0.29) is 24.3 Å². The standard InChI is InChI=1S/C13H20FN.ClH/c1-3-4-5-6-13(15)12-9-11(14)8-7-10(12)2;/h7-9,13H,3-6,15H2,1-2H3;1H/t13-;/m1./s1. The van der Waals surface area contributed by atoms with Gasteiger partial charge in [0, 0.05) is 6.04 Å². The van der Waals surface area contributed by atoms with Crippen LogP contribution in [0.3, 0.4) is 0 Å². The van der Waals surface area contributed by atoms with E-state index in [1.807, 2.05) is 6.92 Å². The van der Waals surface area contributed by atoms with Crippen LogP contribution in [-0.2, 0) is 0 Å². The summed E-state index contributed by atoms with van der Waals surface area (Å²) in [5, 5.41) is 0. The highest BCUT2D eigenvalue weighted by molar-refractivity contribution is 5.85. The van der Waals surface area contributed by atoms with Crippen molar-refractivity contribution in [2.24, 2.45) is 5.73 Å². The van der Waals surface area contributed by atoms with Gasteiger partial charge in [-0.05, 0) is 36.6 Å². The topological polar surface area (TPSA) is 26.0 Å². The third-order valence-corrected chi connectivity index (χ3v) is 2.76. The van der Waals surface area contributed by atoms with Gasteiger partial charge in [-0.1, -0.05) is 32.3 Å². The average molecular weight is 246 g/mol. The molecule has 0 bridgehead atoms. The second-order valence-electron chi connectivity index (χ2n) is 4.10. The third-order valence-electron chi connectivity index (χ3n) is 2.76. The molecule has 0 fully saturated rings. The molecule has 0 aromatic heterocycles. The first-order valence-corrected chi connectivity index (χ1v) is 5.66. The molecule has 92 valence electrons. The highest BCUT2D eigenvalue weighted by Gasteiger charge is 2.09. The molecule has 3 heteroatoms. The Bertz CT molecular complexity index is 315. The van der Waals surface area contributed by atoms with E-state index in [1.54, 1.807) is 12.1 Å². The van der Waals surface area contributed by atoms with E-state index in [9.17, 15) is 4.39 Å². The summed E-state index contributed by atoms with van der Waals surface area (Å²) in [6.45, 7) is 4.15. The van der Waals surface area contributed by atoms with Crippen molar-refractivity contribution in [3.63, 3.8) is 0 Å². The van der Waals surface area contributed by atoms with Crippen LogP contribution in [0.4, 0.5) is 4.39 Å². The molecule has 1 rings (SSSR count). The van der Waals surface area contributed by atoms with Crippen LogP contribution in [0.15, 0.2) is 18.2 Å². The maximum Gasteiger partial charge on any atom is 0.123 e. The molecule has 0 radical (unpaired) electrons. The van der Waals surface area contributed by atoms with Gasteiger partial charge in [-0.25, -0.2) is 4.39 Å². The number of benzene rings is 1. The zero-order valence-electron chi connectivity index (χ0n) is 10.0. The summed E-state index contributed by atoms with van der Waals surface area (Å²) < 4.78 is 13.0. The predicted molar refractivity (Wildman–Crippen MR) is 69.5 cm³/mol. The second kappa shape index (κ2) is 7.64. The van der Waals surface area contributed by atoms with Gasteiger partial charge in [0.15, 0.2) is 0 Å². The number of hydrogen-bond acceptors (Lipinski definition) is 1. The summed E-state index contributed by atoms with van der Waals surface area (Å²) in [4.78, 5) is 0. The summed E-state index contributed by atoms with van der Waals surface area (Å²) in [6.07, 6.45) is 4.45. The van der Waals surface area contributed by atoms with Crippen molar-refractivity contribution in [2.75, 3.05) is 0 Å². The number of unbranched alkanes of at least 4 members (excludes halogenated alkanes) is 2. The molecule has 1 aromatic rings. The van der Waals surface area contributed by atoms with Gasteiger partial charge in [-0.2, -0.15) is 0 Å². The van der Waals surface area contributed by atoms with Gasteiger partial charge in [0.1, 0.15) is 5.82 Å². The molecule has 0 saturated heterocycles. The SMILES string of the molecule is CCCCC[C@@H](N)c1cc(F)ccc1C.Cl. The molecule has 0 aliphatic carbocycles. The summed E-state index contributed by atoms with van der Waals surface area (Å²) in [5.74, 6) is -0.193. The van der Waals surface area contributed by atoms with Gasteiger partial charge in [-0.3, -0.25) is 0 Å². The Hall–Kier alpha value is -0.600. The normalized spacial score (nSPS) is 12.0. The Morgan fingerprint density at radius 1 is 1.31 bits per heavy atom. The van der Waals surface area contributed by atoms with E-state index in [1.165, 1.54) is 18.9 Å². The van der Waals surface area contributed by atoms with Gasteiger partial charge in [-0.15, -0.1) is 12.4 Å². The van der Waals surface area contributed by atoms with Gasteiger partial charge in [0.2, 0.25) is 0 Å². The Labute approximate surface area is 104 Å². The van der Waals surface area contributed by atoms with Crippen molar-refractivity contribution in [2.45, 2.75) is 45.6 Å². The average Bonchev–Trinajstić information content (AvgIpc) is 2.22. The van der Waals surface area contributed by atoms with Crippen LogP contribution < -0.4 is 5.73 Å². The van der Waals surface area contributed by atoms with E-state index in [0.717, 1.165) is 24.0 Å². The number of hydrogen-bond donors (Lipinski definition) is 1. The molecule has 0 aliphatic heterocycles. The Kier molecular flexibility index (Phi) is 7.35. The predicted octanol–water partition coefficient (Wildman–Crippen LogP) is 4.14. The van der Waals surface area contributed by atoms with Gasteiger partial charge >= 0.3 is 0 Å². The molecule has 0 unspecified atom stereocenters. The number of aryl methyl sites for hydroxylation is 1. The third kappa shape index (κ3) is 4.50. The summed E-state index contributed by atoms with van der Waals surface area (Å²) in [7, 11) is 0. The van der Waals surface area contributed by atoms with Gasteiger partial charge in [0.25, 0.3) is 0 Å². The van der Waals surface area contributed by atoms with Gasteiger partial charge < -0.3 is 5.73 Å². The number of halogens is 2. The molecule has 0 heterocycles. The second-order valence-corrected chi connectivity index (χ2v) is 4.10. The van der Waals surface area contributed by atoms with Crippen LogP contribution in [0.2, 0.25) is 0 Å². The summed E-state index contributed by atoms with van der Waals surface area (Å²) in [6, 6.07) is 4.82. The molecule has 16 heavy (non-hydrogen) atoms. The minimum absolute atomic E-state index is 0. The van der Waals surface area contributed by atoms with Crippen molar-refractivity contribution >= 4 is 12.4 Å². The maximum absolute atomic E-state index is 13.0. The summed E-state index contributed by atoms with van der Waals surface area (Å²) >= 11 is 0. The Morgan fingerprint density at radius 2 is 2.00 bits per heavy atom. The van der Waals surface area contributed by atoms with E-state index < -0.39 is 0 Å². The van der Waals surface area contributed by atoms with Crippen molar-refractivity contribution in [3.05, 3.63) is 35.1 Å². The lowest BCUT2D eigenvalue weighted by Gasteiger charge is -2.14. The molecule has 1 aromatic carbocycles. The first kappa shape index (κ1) is 15.4. The smallest absolute Gasteiger partial charge is 0.123 e. The lowest BCUT2D eigenvalue weighted by Crippen LogP contribution is -2.12. The lowest BCUT2D eigenvalue weighted by molar-refractivity contribution is 0.570. The molecule has 0 saturated carbocycles. The van der Waals surface area contributed by atoms with Crippen molar-refractivity contribution in [3.8, 4) is 0 Å². The van der Waals surface area contributed by atoms with Crippen molar-refractivity contribution in [1.29, 1.82) is 0 Å². The quantitative estimate of drug-likeness (QED) is 0.776. The molecule has 0 spiro atoms. The number of nitrogens with two attached hydrogens (primary N) is 1. The molecular weight excluding hydrogens is 225 g/mol. The maximum atomic E-state index is 13.0. The molecule has 1 atom stereocenters. The molecular formula is C13H21ClFN. The Morgan fingerprint density at radius 3 is 2.62 bits per heavy atom. The lowest BCUT2D eigenvalue weighted by atomic mass is 9.97. The van der Waals surface area contributed by atoms with E-state index >= 15 is 0 Å². The van der Waals surface area contributed by atoms with Crippen LogP contribution in [-0.4, -0.2) is 0 Å². The number of rotatable bonds is 5. The molecule has 2 N–H and O–H groups in total. The van der Waals surface area contributed by atoms with Crippen LogP contribution in [0, 0.1) is 12.7 Å². The first-order chi connectivity index (χ1) is 7.15. The largest absolute Gasteiger partial charge is 0.324 e. The van der Waals surface area contributed by atoms with Gasteiger partial charge in [0.05, 0.1) is 0 Å². The fourth-order valence-corrected chi connectivity index (χ4v) is 1.78. The minimum atomic E-state index is -0.193. The highest BCUT2D eigenvalue weighted by atomic mass is 35.5. The van der Waals surface area contributed by atoms with E-state index in [4.69, 9.17) is 5.73 Å². The fourth-order valence-electron chi connectivity index (χ4n) is 1.78. The highest BCUT2D eigenvalue weighted by Crippen LogP contribution is 2.21. The molecule has 1 nitrogen and oxygen atoms in total.